The molecule has 3 aromatic rings. The predicted octanol–water partition coefficient (Wildman–Crippen LogP) is 3.58. The minimum atomic E-state index is -1.10. The number of carboxylic acid groups (broad SMARTS) is 1. The number of anilines is 1. The summed E-state index contributed by atoms with van der Waals surface area (Å²) in [4.78, 5) is 18.8. The number of rotatable bonds is 3. The van der Waals surface area contributed by atoms with Crippen LogP contribution in [0, 0.1) is 5.82 Å². The standard InChI is InChI=1S/C20H17FN2O3/c21-14-6-7-16-15(12-14)17(20(24)25)19(23-8-10-26-11-9-23)18(22-16)13-4-2-1-3-5-13/h1-7,12H,8-11H2,(H,24,25). The van der Waals surface area contributed by atoms with E-state index in [0.717, 1.165) is 5.56 Å². The van der Waals surface area contributed by atoms with Crippen molar-refractivity contribution >= 4 is 22.6 Å². The van der Waals surface area contributed by atoms with Crippen LogP contribution in [0.2, 0.25) is 0 Å². The molecule has 5 nitrogen and oxygen atoms in total. The van der Waals surface area contributed by atoms with Gasteiger partial charge in [-0.05, 0) is 18.2 Å². The van der Waals surface area contributed by atoms with Gasteiger partial charge >= 0.3 is 5.97 Å². The van der Waals surface area contributed by atoms with Crippen LogP contribution in [0.1, 0.15) is 10.4 Å². The van der Waals surface area contributed by atoms with E-state index < -0.39 is 11.8 Å². The van der Waals surface area contributed by atoms with E-state index in [0.29, 0.717) is 48.6 Å². The lowest BCUT2D eigenvalue weighted by molar-refractivity contribution is 0.0698. The maximum absolute atomic E-state index is 13.8. The van der Waals surface area contributed by atoms with Gasteiger partial charge in [-0.1, -0.05) is 30.3 Å². The minimum absolute atomic E-state index is 0.0789. The molecule has 1 aliphatic heterocycles. The van der Waals surface area contributed by atoms with Crippen LogP contribution in [0.25, 0.3) is 22.2 Å². The van der Waals surface area contributed by atoms with Gasteiger partial charge in [0.25, 0.3) is 0 Å². The quantitative estimate of drug-likeness (QED) is 0.781. The van der Waals surface area contributed by atoms with Gasteiger partial charge in [-0.25, -0.2) is 14.2 Å². The van der Waals surface area contributed by atoms with Crippen LogP contribution in [-0.2, 0) is 4.74 Å². The van der Waals surface area contributed by atoms with Crippen LogP contribution in [0.15, 0.2) is 48.5 Å². The number of aromatic carboxylic acids is 1. The number of carboxylic acids is 1. The maximum Gasteiger partial charge on any atom is 0.338 e. The lowest BCUT2D eigenvalue weighted by Crippen LogP contribution is -2.37. The molecular formula is C20H17FN2O3. The number of aromatic nitrogens is 1. The lowest BCUT2D eigenvalue weighted by Gasteiger charge is -2.32. The monoisotopic (exact) mass is 352 g/mol. The van der Waals surface area contributed by atoms with E-state index in [-0.39, 0.29) is 5.56 Å². The molecule has 0 bridgehead atoms. The topological polar surface area (TPSA) is 62.7 Å². The summed E-state index contributed by atoms with van der Waals surface area (Å²) in [5.74, 6) is -1.58. The molecule has 0 spiro atoms. The van der Waals surface area contributed by atoms with Gasteiger partial charge in [-0.3, -0.25) is 0 Å². The summed E-state index contributed by atoms with van der Waals surface area (Å²) in [5.41, 5.74) is 2.46. The number of halogens is 1. The summed E-state index contributed by atoms with van der Waals surface area (Å²) < 4.78 is 19.2. The predicted molar refractivity (Wildman–Crippen MR) is 97.1 cm³/mol. The molecule has 1 aliphatic rings. The molecule has 6 heteroatoms. The van der Waals surface area contributed by atoms with E-state index in [1.807, 2.05) is 35.2 Å². The number of hydrogen-bond acceptors (Lipinski definition) is 4. The molecule has 1 N–H and O–H groups in total. The van der Waals surface area contributed by atoms with Crippen LogP contribution >= 0.6 is 0 Å². The van der Waals surface area contributed by atoms with E-state index in [4.69, 9.17) is 9.72 Å². The lowest BCUT2D eigenvalue weighted by atomic mass is 9.99. The van der Waals surface area contributed by atoms with Crippen molar-refractivity contribution in [2.75, 3.05) is 31.2 Å². The summed E-state index contributed by atoms with van der Waals surface area (Å²) in [5, 5.41) is 10.3. The zero-order chi connectivity index (χ0) is 18.1. The van der Waals surface area contributed by atoms with Crippen molar-refractivity contribution in [3.8, 4) is 11.3 Å². The third kappa shape index (κ3) is 2.88. The second kappa shape index (κ2) is 6.72. The minimum Gasteiger partial charge on any atom is -0.478 e. The average Bonchev–Trinajstić information content (AvgIpc) is 2.67. The smallest absolute Gasteiger partial charge is 0.338 e. The number of pyridine rings is 1. The number of nitrogens with zero attached hydrogens (tertiary/aromatic N) is 2. The molecule has 1 aromatic heterocycles. The first-order valence-electron chi connectivity index (χ1n) is 8.40. The van der Waals surface area contributed by atoms with Crippen molar-refractivity contribution < 1.29 is 19.0 Å². The molecule has 0 unspecified atom stereocenters. The first-order chi connectivity index (χ1) is 12.6. The molecule has 4 rings (SSSR count). The number of ether oxygens (including phenoxy) is 1. The van der Waals surface area contributed by atoms with Crippen LogP contribution in [0.5, 0.6) is 0 Å². The number of carbonyl (C=O) groups is 1. The number of benzene rings is 2. The fourth-order valence-corrected chi connectivity index (χ4v) is 3.33. The van der Waals surface area contributed by atoms with Gasteiger partial charge in [0.05, 0.1) is 35.7 Å². The van der Waals surface area contributed by atoms with Crippen LogP contribution in [0.4, 0.5) is 10.1 Å². The summed E-state index contributed by atoms with van der Waals surface area (Å²) in [6.45, 7) is 2.13. The first kappa shape index (κ1) is 16.5. The molecule has 2 heterocycles. The summed E-state index contributed by atoms with van der Waals surface area (Å²) >= 11 is 0. The van der Waals surface area contributed by atoms with Gasteiger partial charge in [0.1, 0.15) is 5.82 Å². The third-order valence-electron chi connectivity index (χ3n) is 4.51. The van der Waals surface area contributed by atoms with Crippen molar-refractivity contribution in [3.63, 3.8) is 0 Å². The summed E-state index contributed by atoms with van der Waals surface area (Å²) in [6, 6.07) is 13.5. The zero-order valence-electron chi connectivity index (χ0n) is 14.0. The van der Waals surface area contributed by atoms with E-state index in [1.165, 1.54) is 18.2 Å². The summed E-state index contributed by atoms with van der Waals surface area (Å²) in [7, 11) is 0. The van der Waals surface area contributed by atoms with Crippen LogP contribution < -0.4 is 4.90 Å². The normalized spacial score (nSPS) is 14.6. The number of hydrogen-bond donors (Lipinski definition) is 1. The molecule has 1 saturated heterocycles. The van der Waals surface area contributed by atoms with E-state index in [2.05, 4.69) is 0 Å². The van der Waals surface area contributed by atoms with E-state index in [9.17, 15) is 14.3 Å². The second-order valence-electron chi connectivity index (χ2n) is 6.12. The van der Waals surface area contributed by atoms with E-state index in [1.54, 1.807) is 0 Å². The van der Waals surface area contributed by atoms with Crippen LogP contribution in [0.3, 0.4) is 0 Å². The second-order valence-corrected chi connectivity index (χ2v) is 6.12. The van der Waals surface area contributed by atoms with E-state index >= 15 is 0 Å². The number of morpholine rings is 1. The molecule has 0 radical (unpaired) electrons. The molecule has 2 aromatic carbocycles. The van der Waals surface area contributed by atoms with Crippen molar-refractivity contribution in [1.29, 1.82) is 0 Å². The highest BCUT2D eigenvalue weighted by Crippen LogP contribution is 2.37. The Labute approximate surface area is 149 Å². The largest absolute Gasteiger partial charge is 0.478 e. The Morgan fingerprint density at radius 2 is 1.85 bits per heavy atom. The van der Waals surface area contributed by atoms with Crippen LogP contribution in [-0.4, -0.2) is 42.4 Å². The average molecular weight is 352 g/mol. The Bertz CT molecular complexity index is 970. The first-order valence-corrected chi connectivity index (χ1v) is 8.40. The zero-order valence-corrected chi connectivity index (χ0v) is 14.0. The van der Waals surface area contributed by atoms with Gasteiger partial charge < -0.3 is 14.7 Å². The van der Waals surface area contributed by atoms with Gasteiger partial charge in [0.2, 0.25) is 0 Å². The van der Waals surface area contributed by atoms with Gasteiger partial charge in [0, 0.05) is 24.0 Å². The van der Waals surface area contributed by atoms with Gasteiger partial charge in [-0.15, -0.1) is 0 Å². The molecule has 0 saturated carbocycles. The highest BCUT2D eigenvalue weighted by Gasteiger charge is 2.26. The molecular weight excluding hydrogens is 335 g/mol. The Hall–Kier alpha value is -2.99. The Morgan fingerprint density at radius 1 is 1.12 bits per heavy atom. The Kier molecular flexibility index (Phi) is 4.26. The maximum atomic E-state index is 13.8. The highest BCUT2D eigenvalue weighted by atomic mass is 19.1. The van der Waals surface area contributed by atoms with Crippen molar-refractivity contribution in [1.82, 2.24) is 4.98 Å². The SMILES string of the molecule is O=C(O)c1c(N2CCOCC2)c(-c2ccccc2)nc2ccc(F)cc12. The Balaban J connectivity index is 2.07. The fraction of sp³-hybridized carbons (Fsp3) is 0.200. The van der Waals surface area contributed by atoms with Gasteiger partial charge in [0.15, 0.2) is 0 Å². The van der Waals surface area contributed by atoms with Crippen molar-refractivity contribution in [2.24, 2.45) is 0 Å². The third-order valence-corrected chi connectivity index (χ3v) is 4.51. The molecule has 0 atom stereocenters. The number of fused-ring (bicyclic) bond motifs is 1. The molecule has 1 fully saturated rings. The molecule has 132 valence electrons. The highest BCUT2D eigenvalue weighted by molar-refractivity contribution is 6.10. The van der Waals surface area contributed by atoms with Crippen molar-refractivity contribution in [3.05, 3.63) is 59.9 Å². The molecule has 0 aliphatic carbocycles. The summed E-state index contributed by atoms with van der Waals surface area (Å²) in [6.07, 6.45) is 0. The fourth-order valence-electron chi connectivity index (χ4n) is 3.33. The van der Waals surface area contributed by atoms with Gasteiger partial charge in [-0.2, -0.15) is 0 Å². The molecule has 26 heavy (non-hydrogen) atoms. The van der Waals surface area contributed by atoms with Crippen molar-refractivity contribution in [2.45, 2.75) is 0 Å². The molecule has 0 amide bonds. The Morgan fingerprint density at radius 3 is 2.54 bits per heavy atom.